The molecule has 0 saturated carbocycles. The number of rotatable bonds is 5. The average Bonchev–Trinajstić information content (AvgIpc) is 2.25. The molecule has 1 aromatic heterocycles. The maximum Gasteiger partial charge on any atom is 0.331 e. The monoisotopic (exact) mass is 281 g/mol. The SMILES string of the molecule is CCNS(=O)(=O)CCn1c(O)c(F)c(=O)[nH]c1=O. The van der Waals surface area contributed by atoms with Crippen molar-refractivity contribution in [3.63, 3.8) is 0 Å². The Labute approximate surface area is 101 Å². The minimum Gasteiger partial charge on any atom is -0.492 e. The van der Waals surface area contributed by atoms with E-state index in [1.807, 2.05) is 0 Å². The van der Waals surface area contributed by atoms with Crippen LogP contribution in [0.3, 0.4) is 0 Å². The first-order chi connectivity index (χ1) is 8.28. The van der Waals surface area contributed by atoms with Gasteiger partial charge in [0.1, 0.15) is 0 Å². The third-order valence-electron chi connectivity index (χ3n) is 2.06. The van der Waals surface area contributed by atoms with Crippen LogP contribution >= 0.6 is 0 Å². The number of halogens is 1. The zero-order chi connectivity index (χ0) is 13.9. The highest BCUT2D eigenvalue weighted by Crippen LogP contribution is 2.07. The Kier molecular flexibility index (Phi) is 4.24. The number of H-pyrrole nitrogens is 1. The third kappa shape index (κ3) is 3.17. The molecule has 0 radical (unpaired) electrons. The second-order valence-corrected chi connectivity index (χ2v) is 5.29. The Morgan fingerprint density at radius 2 is 2.06 bits per heavy atom. The molecule has 18 heavy (non-hydrogen) atoms. The van der Waals surface area contributed by atoms with Gasteiger partial charge >= 0.3 is 5.69 Å². The van der Waals surface area contributed by atoms with Gasteiger partial charge in [-0.1, -0.05) is 6.92 Å². The molecule has 1 aromatic rings. The highest BCUT2D eigenvalue weighted by Gasteiger charge is 2.16. The minimum absolute atomic E-state index is 0.170. The maximum absolute atomic E-state index is 13.0. The summed E-state index contributed by atoms with van der Waals surface area (Å²) in [5.41, 5.74) is -2.44. The highest BCUT2D eigenvalue weighted by atomic mass is 32.2. The van der Waals surface area contributed by atoms with Gasteiger partial charge in [0, 0.05) is 13.1 Å². The van der Waals surface area contributed by atoms with Crippen molar-refractivity contribution in [2.24, 2.45) is 0 Å². The van der Waals surface area contributed by atoms with E-state index >= 15 is 0 Å². The summed E-state index contributed by atoms with van der Waals surface area (Å²) >= 11 is 0. The average molecular weight is 281 g/mol. The fraction of sp³-hybridized carbons (Fsp3) is 0.500. The van der Waals surface area contributed by atoms with Crippen LogP contribution in [0.5, 0.6) is 5.88 Å². The summed E-state index contributed by atoms with van der Waals surface area (Å²) in [5, 5.41) is 9.24. The molecular weight excluding hydrogens is 269 g/mol. The van der Waals surface area contributed by atoms with Crippen LogP contribution in [-0.4, -0.2) is 35.4 Å². The summed E-state index contributed by atoms with van der Waals surface area (Å²) in [5.74, 6) is -3.24. The van der Waals surface area contributed by atoms with Crippen molar-refractivity contribution in [2.45, 2.75) is 13.5 Å². The van der Waals surface area contributed by atoms with Crippen LogP contribution in [0.25, 0.3) is 0 Å². The molecule has 0 aliphatic heterocycles. The Morgan fingerprint density at radius 1 is 1.44 bits per heavy atom. The van der Waals surface area contributed by atoms with Crippen LogP contribution in [0.15, 0.2) is 9.59 Å². The molecule has 0 bridgehead atoms. The summed E-state index contributed by atoms with van der Waals surface area (Å²) < 4.78 is 38.2. The van der Waals surface area contributed by atoms with Gasteiger partial charge in [0.25, 0.3) is 5.56 Å². The molecule has 0 atom stereocenters. The molecule has 0 aromatic carbocycles. The lowest BCUT2D eigenvalue weighted by molar-refractivity contribution is 0.364. The number of aromatic nitrogens is 2. The molecule has 10 heteroatoms. The molecule has 8 nitrogen and oxygen atoms in total. The van der Waals surface area contributed by atoms with Gasteiger partial charge in [-0.05, 0) is 0 Å². The van der Waals surface area contributed by atoms with Gasteiger partial charge in [-0.25, -0.2) is 17.9 Å². The molecule has 0 spiro atoms. The van der Waals surface area contributed by atoms with E-state index in [0.717, 1.165) is 0 Å². The minimum atomic E-state index is -3.62. The molecule has 102 valence electrons. The van der Waals surface area contributed by atoms with E-state index in [4.69, 9.17) is 0 Å². The Balaban J connectivity index is 3.04. The van der Waals surface area contributed by atoms with E-state index in [-0.39, 0.29) is 6.54 Å². The molecule has 0 amide bonds. The van der Waals surface area contributed by atoms with Gasteiger partial charge in [-0.3, -0.25) is 14.3 Å². The molecule has 1 heterocycles. The maximum atomic E-state index is 13.0. The largest absolute Gasteiger partial charge is 0.492 e. The molecule has 0 aliphatic carbocycles. The second-order valence-electron chi connectivity index (χ2n) is 3.37. The van der Waals surface area contributed by atoms with Crippen molar-refractivity contribution in [3.8, 4) is 5.88 Å². The predicted molar refractivity (Wildman–Crippen MR) is 60.4 cm³/mol. The van der Waals surface area contributed by atoms with E-state index < -0.39 is 45.3 Å². The van der Waals surface area contributed by atoms with Gasteiger partial charge in [-0.2, -0.15) is 4.39 Å². The first kappa shape index (κ1) is 14.4. The summed E-state index contributed by atoms with van der Waals surface area (Å²) in [4.78, 5) is 23.7. The fourth-order valence-corrected chi connectivity index (χ4v) is 2.25. The van der Waals surface area contributed by atoms with E-state index in [0.29, 0.717) is 4.57 Å². The first-order valence-electron chi connectivity index (χ1n) is 4.97. The number of nitrogens with zero attached hydrogens (tertiary/aromatic N) is 1. The number of hydrogen-bond donors (Lipinski definition) is 3. The van der Waals surface area contributed by atoms with Gasteiger partial charge in [-0.15, -0.1) is 0 Å². The van der Waals surface area contributed by atoms with E-state index in [9.17, 15) is 27.5 Å². The van der Waals surface area contributed by atoms with Crippen molar-refractivity contribution in [1.82, 2.24) is 14.3 Å². The Bertz CT molecular complexity index is 648. The lowest BCUT2D eigenvalue weighted by Crippen LogP contribution is -2.35. The summed E-state index contributed by atoms with van der Waals surface area (Å²) in [7, 11) is -3.62. The Morgan fingerprint density at radius 3 is 2.61 bits per heavy atom. The zero-order valence-corrected chi connectivity index (χ0v) is 10.3. The lowest BCUT2D eigenvalue weighted by atomic mass is 10.5. The topological polar surface area (TPSA) is 121 Å². The predicted octanol–water partition coefficient (Wildman–Crippen LogP) is -1.68. The second kappa shape index (κ2) is 5.31. The van der Waals surface area contributed by atoms with E-state index in [2.05, 4.69) is 4.72 Å². The van der Waals surface area contributed by atoms with Crippen LogP contribution in [0.2, 0.25) is 0 Å². The Hall–Kier alpha value is -1.68. The van der Waals surface area contributed by atoms with Crippen LogP contribution < -0.4 is 16.0 Å². The van der Waals surface area contributed by atoms with Crippen molar-refractivity contribution in [1.29, 1.82) is 0 Å². The van der Waals surface area contributed by atoms with Gasteiger partial charge < -0.3 is 5.11 Å². The molecule has 0 saturated heterocycles. The van der Waals surface area contributed by atoms with Gasteiger partial charge in [0.15, 0.2) is 0 Å². The number of nitrogens with one attached hydrogen (secondary N) is 2. The normalized spacial score (nSPS) is 11.7. The quantitative estimate of drug-likeness (QED) is 0.595. The summed E-state index contributed by atoms with van der Waals surface area (Å²) in [6.45, 7) is 1.26. The lowest BCUT2D eigenvalue weighted by Gasteiger charge is -2.08. The summed E-state index contributed by atoms with van der Waals surface area (Å²) in [6, 6.07) is 0. The molecule has 0 aliphatic rings. The zero-order valence-electron chi connectivity index (χ0n) is 9.43. The van der Waals surface area contributed by atoms with Crippen molar-refractivity contribution in [2.75, 3.05) is 12.3 Å². The van der Waals surface area contributed by atoms with Crippen LogP contribution in [-0.2, 0) is 16.6 Å². The van der Waals surface area contributed by atoms with Crippen LogP contribution in [0.1, 0.15) is 6.92 Å². The third-order valence-corrected chi connectivity index (χ3v) is 3.51. The van der Waals surface area contributed by atoms with Crippen molar-refractivity contribution in [3.05, 3.63) is 26.7 Å². The van der Waals surface area contributed by atoms with Crippen LogP contribution in [0.4, 0.5) is 4.39 Å². The summed E-state index contributed by atoms with van der Waals surface area (Å²) in [6.07, 6.45) is 0. The van der Waals surface area contributed by atoms with Gasteiger partial charge in [0.05, 0.1) is 5.75 Å². The van der Waals surface area contributed by atoms with E-state index in [1.165, 1.54) is 0 Å². The number of sulfonamides is 1. The number of hydrogen-bond acceptors (Lipinski definition) is 5. The number of aromatic hydroxyl groups is 1. The van der Waals surface area contributed by atoms with Gasteiger partial charge in [0.2, 0.25) is 21.7 Å². The molecule has 3 N–H and O–H groups in total. The standard InChI is InChI=1S/C8H12FN3O5S/c1-2-10-18(16,17)4-3-12-7(14)5(9)6(13)11-8(12)15/h10,14H,2-4H2,1H3,(H,11,13,15). The fourth-order valence-electron chi connectivity index (χ4n) is 1.25. The molecule has 0 fully saturated rings. The molecular formula is C8H12FN3O5S. The van der Waals surface area contributed by atoms with Crippen molar-refractivity contribution >= 4 is 10.0 Å². The number of aromatic amines is 1. The highest BCUT2D eigenvalue weighted by molar-refractivity contribution is 7.89. The smallest absolute Gasteiger partial charge is 0.331 e. The van der Waals surface area contributed by atoms with Crippen molar-refractivity contribution < 1.29 is 17.9 Å². The molecule has 1 rings (SSSR count). The van der Waals surface area contributed by atoms with E-state index in [1.54, 1.807) is 11.9 Å². The molecule has 0 unspecified atom stereocenters. The first-order valence-corrected chi connectivity index (χ1v) is 6.62. The van der Waals surface area contributed by atoms with Crippen LogP contribution in [0, 0.1) is 5.82 Å².